The van der Waals surface area contributed by atoms with E-state index in [2.05, 4.69) is 20.9 Å². The Morgan fingerprint density at radius 3 is 2.77 bits per heavy atom. The second-order valence-corrected chi connectivity index (χ2v) is 6.93. The molecular formula is C18H22BrN3O4. The van der Waals surface area contributed by atoms with E-state index in [9.17, 15) is 14.4 Å². The first-order chi connectivity index (χ1) is 12.4. The molecule has 7 nitrogen and oxygen atoms in total. The molecule has 1 amide bonds. The Bertz CT molecular complexity index is 865. The summed E-state index contributed by atoms with van der Waals surface area (Å²) in [6.07, 6.45) is 1.61. The van der Waals surface area contributed by atoms with Crippen LogP contribution in [0.2, 0.25) is 0 Å². The molecule has 1 heterocycles. The lowest BCUT2D eigenvalue weighted by Gasteiger charge is -2.23. The van der Waals surface area contributed by atoms with Crippen LogP contribution in [0.1, 0.15) is 20.3 Å². The van der Waals surface area contributed by atoms with Gasteiger partial charge in [-0.2, -0.15) is 0 Å². The molecule has 140 valence electrons. The zero-order valence-corrected chi connectivity index (χ0v) is 16.7. The molecule has 0 radical (unpaired) electrons. The van der Waals surface area contributed by atoms with Gasteiger partial charge in [0.25, 0.3) is 5.56 Å². The van der Waals surface area contributed by atoms with Crippen LogP contribution in [0.4, 0.5) is 0 Å². The van der Waals surface area contributed by atoms with Gasteiger partial charge in [0.05, 0.1) is 30.3 Å². The highest BCUT2D eigenvalue weighted by Gasteiger charge is 2.20. The molecule has 0 saturated heterocycles. The molecule has 1 aromatic carbocycles. The van der Waals surface area contributed by atoms with Gasteiger partial charge in [-0.15, -0.1) is 0 Å². The van der Waals surface area contributed by atoms with Crippen LogP contribution >= 0.6 is 15.9 Å². The van der Waals surface area contributed by atoms with E-state index < -0.39 is 5.92 Å². The summed E-state index contributed by atoms with van der Waals surface area (Å²) >= 11 is 3.35. The maximum atomic E-state index is 12.6. The van der Waals surface area contributed by atoms with Crippen molar-refractivity contribution >= 4 is 38.7 Å². The fraction of sp³-hybridized carbons (Fsp3) is 0.444. The quantitative estimate of drug-likeness (QED) is 0.637. The Kier molecular flexibility index (Phi) is 6.90. The van der Waals surface area contributed by atoms with Crippen molar-refractivity contribution < 1.29 is 14.3 Å². The van der Waals surface area contributed by atoms with Gasteiger partial charge in [0.2, 0.25) is 5.91 Å². The van der Waals surface area contributed by atoms with Crippen molar-refractivity contribution in [3.63, 3.8) is 0 Å². The maximum Gasteiger partial charge on any atom is 0.310 e. The van der Waals surface area contributed by atoms with Gasteiger partial charge in [-0.1, -0.05) is 22.9 Å². The number of carbonyl (C=O) groups excluding carboxylic acids is 2. The summed E-state index contributed by atoms with van der Waals surface area (Å²) in [6, 6.07) is 5.31. The topological polar surface area (TPSA) is 81.5 Å². The van der Waals surface area contributed by atoms with Gasteiger partial charge in [0.1, 0.15) is 0 Å². The average Bonchev–Trinajstić information content (AvgIpc) is 2.64. The smallest absolute Gasteiger partial charge is 0.310 e. The number of aryl methyl sites for hydroxylation is 1. The van der Waals surface area contributed by atoms with E-state index >= 15 is 0 Å². The number of aromatic nitrogens is 2. The number of methoxy groups -OCH3 is 1. The Morgan fingerprint density at radius 2 is 2.12 bits per heavy atom. The lowest BCUT2D eigenvalue weighted by atomic mass is 10.1. The van der Waals surface area contributed by atoms with Gasteiger partial charge in [0, 0.05) is 30.5 Å². The molecule has 8 heteroatoms. The van der Waals surface area contributed by atoms with Gasteiger partial charge in [-0.05, 0) is 25.1 Å². The zero-order chi connectivity index (χ0) is 19.3. The summed E-state index contributed by atoms with van der Waals surface area (Å²) in [4.78, 5) is 42.4. The third-order valence-corrected chi connectivity index (χ3v) is 4.68. The Hall–Kier alpha value is -2.22. The van der Waals surface area contributed by atoms with Crippen molar-refractivity contribution in [2.24, 2.45) is 5.92 Å². The van der Waals surface area contributed by atoms with Crippen LogP contribution in [0.5, 0.6) is 0 Å². The maximum absolute atomic E-state index is 12.6. The summed E-state index contributed by atoms with van der Waals surface area (Å²) in [7, 11) is 1.33. The number of esters is 1. The molecule has 0 aliphatic rings. The van der Waals surface area contributed by atoms with Crippen molar-refractivity contribution in [1.82, 2.24) is 14.5 Å². The highest BCUT2D eigenvalue weighted by molar-refractivity contribution is 9.10. The molecule has 2 aromatic rings. The van der Waals surface area contributed by atoms with Crippen molar-refractivity contribution in [1.29, 1.82) is 0 Å². The molecule has 1 atom stereocenters. The number of rotatable bonds is 7. The highest BCUT2D eigenvalue weighted by Crippen LogP contribution is 2.15. The number of ether oxygens (including phenoxy) is 1. The Labute approximate surface area is 160 Å². The van der Waals surface area contributed by atoms with Crippen LogP contribution in [0.3, 0.4) is 0 Å². The SMILES string of the molecule is CCN(CC(C)C(=O)OC)C(=O)CCn1cnc2ccc(Br)cc2c1=O. The molecule has 0 N–H and O–H groups in total. The van der Waals surface area contributed by atoms with E-state index in [4.69, 9.17) is 4.74 Å². The van der Waals surface area contributed by atoms with Crippen molar-refractivity contribution in [3.05, 3.63) is 39.4 Å². The van der Waals surface area contributed by atoms with Crippen LogP contribution in [0, 0.1) is 5.92 Å². The van der Waals surface area contributed by atoms with E-state index in [0.717, 1.165) is 4.47 Å². The lowest BCUT2D eigenvalue weighted by molar-refractivity contribution is -0.146. The molecule has 26 heavy (non-hydrogen) atoms. The van der Waals surface area contributed by atoms with Gasteiger partial charge in [0.15, 0.2) is 0 Å². The predicted octanol–water partition coefficient (Wildman–Crippen LogP) is 2.21. The normalized spacial score (nSPS) is 12.0. The van der Waals surface area contributed by atoms with Crippen molar-refractivity contribution in [2.75, 3.05) is 20.2 Å². The van der Waals surface area contributed by atoms with E-state index in [1.54, 1.807) is 24.0 Å². The van der Waals surface area contributed by atoms with Gasteiger partial charge < -0.3 is 9.64 Å². The third kappa shape index (κ3) is 4.69. The summed E-state index contributed by atoms with van der Waals surface area (Å²) in [5.41, 5.74) is 0.429. The third-order valence-electron chi connectivity index (χ3n) is 4.18. The molecule has 1 aromatic heterocycles. The van der Waals surface area contributed by atoms with E-state index in [-0.39, 0.29) is 30.4 Å². The molecule has 0 saturated carbocycles. The zero-order valence-electron chi connectivity index (χ0n) is 15.1. The number of amides is 1. The molecular weight excluding hydrogens is 402 g/mol. The van der Waals surface area contributed by atoms with Crippen LogP contribution in [-0.4, -0.2) is 46.5 Å². The number of hydrogen-bond acceptors (Lipinski definition) is 5. The average molecular weight is 424 g/mol. The second kappa shape index (κ2) is 8.93. The van der Waals surface area contributed by atoms with Gasteiger partial charge >= 0.3 is 5.97 Å². The Balaban J connectivity index is 2.08. The Morgan fingerprint density at radius 1 is 1.38 bits per heavy atom. The number of fused-ring (bicyclic) bond motifs is 1. The minimum Gasteiger partial charge on any atom is -0.469 e. The van der Waals surface area contributed by atoms with Crippen LogP contribution in [0.15, 0.2) is 33.8 Å². The fourth-order valence-electron chi connectivity index (χ4n) is 2.68. The molecule has 0 bridgehead atoms. The first kappa shape index (κ1) is 20.1. The lowest BCUT2D eigenvalue weighted by Crippen LogP contribution is -2.38. The van der Waals surface area contributed by atoms with Crippen molar-refractivity contribution in [2.45, 2.75) is 26.8 Å². The minimum atomic E-state index is -0.397. The van der Waals surface area contributed by atoms with Crippen LogP contribution < -0.4 is 5.56 Å². The molecule has 0 fully saturated rings. The first-order valence-electron chi connectivity index (χ1n) is 8.37. The minimum absolute atomic E-state index is 0.121. The number of halogens is 1. The number of hydrogen-bond donors (Lipinski definition) is 0. The van der Waals surface area contributed by atoms with E-state index in [0.29, 0.717) is 24.0 Å². The summed E-state index contributed by atoms with van der Waals surface area (Å²) in [6.45, 7) is 4.58. The largest absolute Gasteiger partial charge is 0.469 e. The standard InChI is InChI=1S/C18H22BrN3O4/c1-4-21(10-12(2)18(25)26-3)16(23)7-8-22-11-20-15-6-5-13(19)9-14(15)17(22)24/h5-6,9,11-12H,4,7-8,10H2,1-3H3. The van der Waals surface area contributed by atoms with Gasteiger partial charge in [-0.25, -0.2) is 4.98 Å². The fourth-order valence-corrected chi connectivity index (χ4v) is 3.04. The van der Waals surface area contributed by atoms with E-state index in [1.807, 2.05) is 13.0 Å². The van der Waals surface area contributed by atoms with Crippen molar-refractivity contribution in [3.8, 4) is 0 Å². The molecule has 0 spiro atoms. The molecule has 1 unspecified atom stereocenters. The monoisotopic (exact) mass is 423 g/mol. The number of benzene rings is 1. The highest BCUT2D eigenvalue weighted by atomic mass is 79.9. The molecule has 0 aliphatic heterocycles. The summed E-state index contributed by atoms with van der Waals surface area (Å²) in [5, 5.41) is 0.501. The van der Waals surface area contributed by atoms with Gasteiger partial charge in [-0.3, -0.25) is 19.0 Å². The predicted molar refractivity (Wildman–Crippen MR) is 102 cm³/mol. The van der Waals surface area contributed by atoms with Crippen LogP contribution in [-0.2, 0) is 20.9 Å². The molecule has 0 aliphatic carbocycles. The van der Waals surface area contributed by atoms with Crippen LogP contribution in [0.25, 0.3) is 10.9 Å². The summed E-state index contributed by atoms with van der Waals surface area (Å²) in [5.74, 6) is -0.868. The number of carbonyl (C=O) groups is 2. The van der Waals surface area contributed by atoms with E-state index in [1.165, 1.54) is 18.0 Å². The second-order valence-electron chi connectivity index (χ2n) is 6.01. The summed E-state index contributed by atoms with van der Waals surface area (Å²) < 4.78 is 6.93. The number of nitrogens with zero attached hydrogens (tertiary/aromatic N) is 3. The molecule has 2 rings (SSSR count). The first-order valence-corrected chi connectivity index (χ1v) is 9.17.